The Morgan fingerprint density at radius 1 is 1.22 bits per heavy atom. The molecule has 0 unspecified atom stereocenters. The number of ether oxygens (including phenoxy) is 1. The van der Waals surface area contributed by atoms with Gasteiger partial charge in [-0.2, -0.15) is 0 Å². The third-order valence-electron chi connectivity index (χ3n) is 3.53. The van der Waals surface area contributed by atoms with Crippen molar-refractivity contribution < 1.29 is 18.7 Å². The summed E-state index contributed by atoms with van der Waals surface area (Å²) in [6, 6.07) is 12.9. The van der Waals surface area contributed by atoms with Gasteiger partial charge in [-0.05, 0) is 32.1 Å². The molecular weight excluding hydrogens is 364 g/mol. The van der Waals surface area contributed by atoms with E-state index in [1.165, 1.54) is 6.08 Å². The molecule has 27 heavy (non-hydrogen) atoms. The summed E-state index contributed by atoms with van der Waals surface area (Å²) in [6.07, 6.45) is 2.92. The second-order valence-corrected chi connectivity index (χ2v) is 6.55. The number of amides is 1. The molecule has 0 radical (unpaired) electrons. The van der Waals surface area contributed by atoms with Gasteiger partial charge in [0.05, 0.1) is 12.3 Å². The lowest BCUT2D eigenvalue weighted by Gasteiger charge is -2.01. The minimum absolute atomic E-state index is 0.262. The van der Waals surface area contributed by atoms with Gasteiger partial charge in [0.1, 0.15) is 16.4 Å². The molecule has 0 saturated heterocycles. The Hall–Kier alpha value is -3.19. The molecule has 0 spiro atoms. The van der Waals surface area contributed by atoms with Crippen LogP contribution in [0.3, 0.4) is 0 Å². The molecule has 138 valence electrons. The molecule has 0 saturated carbocycles. The molecule has 6 nitrogen and oxygen atoms in total. The van der Waals surface area contributed by atoms with Crippen molar-refractivity contribution in [3.63, 3.8) is 0 Å². The molecule has 0 fully saturated rings. The molecule has 1 N–H and O–H groups in total. The fraction of sp³-hybridized carbons (Fsp3) is 0.150. The minimum atomic E-state index is -0.462. The van der Waals surface area contributed by atoms with Gasteiger partial charge in [0.2, 0.25) is 5.91 Å². The summed E-state index contributed by atoms with van der Waals surface area (Å²) in [5.41, 5.74) is 1.26. The van der Waals surface area contributed by atoms with Crippen molar-refractivity contribution in [2.45, 2.75) is 13.8 Å². The Labute approximate surface area is 160 Å². The van der Waals surface area contributed by atoms with Crippen LogP contribution in [0.1, 0.15) is 28.1 Å². The summed E-state index contributed by atoms with van der Waals surface area (Å²) in [7, 11) is 0. The zero-order valence-corrected chi connectivity index (χ0v) is 15.7. The summed E-state index contributed by atoms with van der Waals surface area (Å²) < 4.78 is 10.5. The van der Waals surface area contributed by atoms with Crippen LogP contribution in [0.15, 0.2) is 53.0 Å². The highest BCUT2D eigenvalue weighted by Crippen LogP contribution is 2.31. The first-order valence-electron chi connectivity index (χ1n) is 8.35. The van der Waals surface area contributed by atoms with E-state index >= 15 is 0 Å². The van der Waals surface area contributed by atoms with Gasteiger partial charge in [-0.3, -0.25) is 10.1 Å². The number of furan rings is 1. The number of aryl methyl sites for hydroxylation is 1. The van der Waals surface area contributed by atoms with Gasteiger partial charge in [0.25, 0.3) is 0 Å². The Morgan fingerprint density at radius 2 is 2.00 bits per heavy atom. The molecule has 0 aliphatic heterocycles. The second kappa shape index (κ2) is 8.46. The summed E-state index contributed by atoms with van der Waals surface area (Å²) in [5.74, 6) is 0.518. The SMILES string of the molecule is CCOC(=O)c1sc(NC(=O)/C=C/c2ccc(C)o2)nc1-c1ccccc1. The smallest absolute Gasteiger partial charge is 0.350 e. The second-order valence-electron chi connectivity index (χ2n) is 5.55. The summed E-state index contributed by atoms with van der Waals surface area (Å²) >= 11 is 1.08. The van der Waals surface area contributed by atoms with Crippen molar-refractivity contribution in [1.82, 2.24) is 4.98 Å². The van der Waals surface area contributed by atoms with Crippen molar-refractivity contribution in [2.24, 2.45) is 0 Å². The molecule has 0 atom stereocenters. The van der Waals surface area contributed by atoms with E-state index in [1.54, 1.807) is 19.1 Å². The number of hydrogen-bond donors (Lipinski definition) is 1. The Balaban J connectivity index is 1.82. The average Bonchev–Trinajstić information content (AvgIpc) is 3.27. The van der Waals surface area contributed by atoms with Crippen molar-refractivity contribution >= 4 is 34.4 Å². The number of rotatable bonds is 6. The van der Waals surface area contributed by atoms with Crippen molar-refractivity contribution in [2.75, 3.05) is 11.9 Å². The molecule has 0 aliphatic carbocycles. The van der Waals surface area contributed by atoms with E-state index in [2.05, 4.69) is 10.3 Å². The normalized spacial score (nSPS) is 10.9. The Bertz CT molecular complexity index is 973. The molecule has 7 heteroatoms. The first-order chi connectivity index (χ1) is 13.1. The number of nitrogens with one attached hydrogen (secondary N) is 1. The van der Waals surface area contributed by atoms with E-state index in [0.29, 0.717) is 21.5 Å². The van der Waals surface area contributed by atoms with E-state index in [4.69, 9.17) is 9.15 Å². The van der Waals surface area contributed by atoms with E-state index in [-0.39, 0.29) is 12.5 Å². The van der Waals surface area contributed by atoms with Crippen molar-refractivity contribution in [1.29, 1.82) is 0 Å². The van der Waals surface area contributed by atoms with Crippen molar-refractivity contribution in [3.05, 3.63) is 64.9 Å². The van der Waals surface area contributed by atoms with Crippen LogP contribution in [0.4, 0.5) is 5.13 Å². The van der Waals surface area contributed by atoms with Gasteiger partial charge in [0.15, 0.2) is 5.13 Å². The summed E-state index contributed by atoms with van der Waals surface area (Å²) in [5, 5.41) is 3.00. The predicted octanol–water partition coefficient (Wildman–Crippen LogP) is 4.54. The van der Waals surface area contributed by atoms with Crippen LogP contribution < -0.4 is 5.32 Å². The average molecular weight is 382 g/mol. The number of carbonyl (C=O) groups excluding carboxylic acids is 2. The number of nitrogens with zero attached hydrogens (tertiary/aromatic N) is 1. The van der Waals surface area contributed by atoms with Gasteiger partial charge in [0, 0.05) is 11.6 Å². The summed E-state index contributed by atoms with van der Waals surface area (Å²) in [4.78, 5) is 29.2. The number of anilines is 1. The van der Waals surface area contributed by atoms with Gasteiger partial charge >= 0.3 is 5.97 Å². The molecule has 3 rings (SSSR count). The fourth-order valence-electron chi connectivity index (χ4n) is 2.35. The highest BCUT2D eigenvalue weighted by molar-refractivity contribution is 7.18. The van der Waals surface area contributed by atoms with Crippen LogP contribution in [0.2, 0.25) is 0 Å². The number of carbonyl (C=O) groups is 2. The van der Waals surface area contributed by atoms with Crippen LogP contribution in [0.25, 0.3) is 17.3 Å². The third kappa shape index (κ3) is 4.71. The van der Waals surface area contributed by atoms with Gasteiger partial charge < -0.3 is 9.15 Å². The van der Waals surface area contributed by atoms with E-state index in [9.17, 15) is 9.59 Å². The first-order valence-corrected chi connectivity index (χ1v) is 9.17. The molecule has 2 aromatic heterocycles. The molecule has 1 aromatic carbocycles. The van der Waals surface area contributed by atoms with Crippen LogP contribution in [-0.4, -0.2) is 23.5 Å². The topological polar surface area (TPSA) is 81.4 Å². The molecule has 2 heterocycles. The van der Waals surface area contributed by atoms with Crippen LogP contribution >= 0.6 is 11.3 Å². The monoisotopic (exact) mass is 382 g/mol. The largest absolute Gasteiger partial charge is 0.462 e. The zero-order valence-electron chi connectivity index (χ0n) is 14.9. The predicted molar refractivity (Wildman–Crippen MR) is 105 cm³/mol. The minimum Gasteiger partial charge on any atom is -0.462 e. The highest BCUT2D eigenvalue weighted by Gasteiger charge is 2.21. The van der Waals surface area contributed by atoms with Crippen LogP contribution in [-0.2, 0) is 9.53 Å². The summed E-state index contributed by atoms with van der Waals surface area (Å²) in [6.45, 7) is 3.83. The zero-order chi connectivity index (χ0) is 19.2. The maximum Gasteiger partial charge on any atom is 0.350 e. The van der Waals surface area contributed by atoms with Crippen molar-refractivity contribution in [3.8, 4) is 11.3 Å². The lowest BCUT2D eigenvalue weighted by molar-refractivity contribution is -0.111. The molecular formula is C20H18N2O4S. The number of benzene rings is 1. The Morgan fingerprint density at radius 3 is 2.67 bits per heavy atom. The highest BCUT2D eigenvalue weighted by atomic mass is 32.1. The maximum absolute atomic E-state index is 12.3. The van der Waals surface area contributed by atoms with E-state index in [1.807, 2.05) is 43.3 Å². The lowest BCUT2D eigenvalue weighted by Crippen LogP contribution is -2.07. The first kappa shape index (κ1) is 18.6. The Kier molecular flexibility index (Phi) is 5.83. The van der Waals surface area contributed by atoms with E-state index in [0.717, 1.165) is 22.7 Å². The molecule has 0 bridgehead atoms. The molecule has 0 aliphatic rings. The maximum atomic E-state index is 12.3. The fourth-order valence-corrected chi connectivity index (χ4v) is 3.23. The van der Waals surface area contributed by atoms with Gasteiger partial charge in [-0.15, -0.1) is 0 Å². The number of esters is 1. The lowest BCUT2D eigenvalue weighted by atomic mass is 10.1. The van der Waals surface area contributed by atoms with Gasteiger partial charge in [-0.1, -0.05) is 41.7 Å². The number of thiazole rings is 1. The van der Waals surface area contributed by atoms with Crippen LogP contribution in [0, 0.1) is 6.92 Å². The third-order valence-corrected chi connectivity index (χ3v) is 4.48. The number of hydrogen-bond acceptors (Lipinski definition) is 6. The molecule has 1 amide bonds. The number of aromatic nitrogens is 1. The van der Waals surface area contributed by atoms with E-state index < -0.39 is 5.97 Å². The molecule has 3 aromatic rings. The van der Waals surface area contributed by atoms with Gasteiger partial charge in [-0.25, -0.2) is 9.78 Å². The standard InChI is InChI=1S/C20H18N2O4S/c1-3-25-19(24)18-17(14-7-5-4-6-8-14)22-20(27-18)21-16(23)12-11-15-10-9-13(2)26-15/h4-12H,3H2,1-2H3,(H,21,22,23)/b12-11+. The quantitative estimate of drug-likeness (QED) is 0.500. The van der Waals surface area contributed by atoms with Crippen LogP contribution in [0.5, 0.6) is 0 Å².